The van der Waals surface area contributed by atoms with Crippen molar-refractivity contribution >= 4 is 7.91 Å². The minimum atomic E-state index is -4.76. The van der Waals surface area contributed by atoms with E-state index in [0.29, 0.717) is 0 Å². The van der Waals surface area contributed by atoms with Gasteiger partial charge in [0.25, 0.3) is 5.92 Å². The van der Waals surface area contributed by atoms with Crippen LogP contribution < -0.4 is 0 Å². The molecule has 3 nitrogen and oxygen atoms in total. The minimum absolute atomic E-state index is 0.950. The van der Waals surface area contributed by atoms with Crippen molar-refractivity contribution in [2.24, 2.45) is 0 Å². The maximum Gasteiger partial charge on any atom is 0.514 e. The third-order valence-corrected chi connectivity index (χ3v) is 2.79. The fourth-order valence-electron chi connectivity index (χ4n) is 0.874. The number of halogens is 3. The van der Waals surface area contributed by atoms with Crippen LogP contribution in [0.25, 0.3) is 0 Å². The van der Waals surface area contributed by atoms with Crippen molar-refractivity contribution in [2.75, 3.05) is 0 Å². The van der Waals surface area contributed by atoms with Gasteiger partial charge in [-0.1, -0.05) is 0 Å². The molecule has 0 aromatic carbocycles. The van der Waals surface area contributed by atoms with Gasteiger partial charge in [-0.3, -0.25) is 9.05 Å². The van der Waals surface area contributed by atoms with Gasteiger partial charge in [0.1, 0.15) is 12.2 Å². The van der Waals surface area contributed by atoms with E-state index in [9.17, 15) is 17.5 Å². The van der Waals surface area contributed by atoms with Crippen LogP contribution in [0.3, 0.4) is 0 Å². The summed E-state index contributed by atoms with van der Waals surface area (Å²) in [6.07, 6.45) is -3.45. The van der Waals surface area contributed by atoms with Gasteiger partial charge >= 0.3 is 7.91 Å². The van der Waals surface area contributed by atoms with E-state index in [-0.39, 0.29) is 0 Å². The summed E-state index contributed by atoms with van der Waals surface area (Å²) in [4.78, 5) is 0. The van der Waals surface area contributed by atoms with Crippen molar-refractivity contribution < 1.29 is 26.6 Å². The van der Waals surface area contributed by atoms with E-state index < -0.39 is 26.0 Å². The van der Waals surface area contributed by atoms with Gasteiger partial charge in [0.05, 0.1) is 0 Å². The molecule has 1 heterocycles. The molecule has 2 unspecified atom stereocenters. The van der Waals surface area contributed by atoms with E-state index in [1.807, 2.05) is 0 Å². The third-order valence-electron chi connectivity index (χ3n) is 1.65. The molecule has 0 bridgehead atoms. The molecule has 0 aromatic rings. The van der Waals surface area contributed by atoms with Crippen LogP contribution in [0.15, 0.2) is 0 Å². The van der Waals surface area contributed by atoms with Gasteiger partial charge in [0, 0.05) is 0 Å². The molecule has 7 heteroatoms. The maximum absolute atomic E-state index is 12.8. The molecule has 72 valence electrons. The molecular formula is C5H8F3O3P. The first kappa shape index (κ1) is 10.0. The summed E-state index contributed by atoms with van der Waals surface area (Å²) < 4.78 is 56.3. The van der Waals surface area contributed by atoms with Gasteiger partial charge in [0.15, 0.2) is 0 Å². The summed E-state index contributed by atoms with van der Waals surface area (Å²) in [5, 5.41) is 0. The zero-order valence-electron chi connectivity index (χ0n) is 6.46. The Morgan fingerprint density at radius 2 is 1.58 bits per heavy atom. The van der Waals surface area contributed by atoms with Crippen molar-refractivity contribution in [1.82, 2.24) is 0 Å². The molecule has 0 aromatic heterocycles. The van der Waals surface area contributed by atoms with Crippen molar-refractivity contribution in [3.63, 3.8) is 0 Å². The highest BCUT2D eigenvalue weighted by Gasteiger charge is 2.54. The highest BCUT2D eigenvalue weighted by Crippen LogP contribution is 2.58. The third kappa shape index (κ3) is 1.65. The SMILES string of the molecule is CC1OP(=O)(F)OC(C)C1(F)F. The highest BCUT2D eigenvalue weighted by molar-refractivity contribution is 7.48. The molecule has 0 aliphatic carbocycles. The summed E-state index contributed by atoms with van der Waals surface area (Å²) in [5.41, 5.74) is 0. The lowest BCUT2D eigenvalue weighted by Gasteiger charge is -2.34. The molecule has 0 N–H and O–H groups in total. The van der Waals surface area contributed by atoms with E-state index in [1.165, 1.54) is 0 Å². The number of alkyl halides is 2. The van der Waals surface area contributed by atoms with E-state index in [4.69, 9.17) is 0 Å². The second kappa shape index (κ2) is 2.72. The number of rotatable bonds is 0. The Morgan fingerprint density at radius 3 is 1.92 bits per heavy atom. The summed E-state index contributed by atoms with van der Waals surface area (Å²) in [6.45, 7) is 1.90. The zero-order chi connectivity index (χ0) is 9.57. The van der Waals surface area contributed by atoms with Crippen molar-refractivity contribution in [1.29, 1.82) is 0 Å². The maximum atomic E-state index is 12.8. The van der Waals surface area contributed by atoms with Crippen molar-refractivity contribution in [3.8, 4) is 0 Å². The van der Waals surface area contributed by atoms with Gasteiger partial charge < -0.3 is 0 Å². The molecule has 0 spiro atoms. The van der Waals surface area contributed by atoms with E-state index in [1.54, 1.807) is 0 Å². The standard InChI is InChI=1S/C5H8F3O3P/c1-3-5(6,7)4(2)11-12(8,9)10-3/h3-4H,1-2H3. The Bertz CT molecular complexity index is 214. The molecule has 1 aliphatic rings. The van der Waals surface area contributed by atoms with Gasteiger partial charge in [-0.15, -0.1) is 4.20 Å². The van der Waals surface area contributed by atoms with Crippen LogP contribution in [0.1, 0.15) is 13.8 Å². The van der Waals surface area contributed by atoms with Crippen molar-refractivity contribution in [2.45, 2.75) is 32.0 Å². The molecule has 2 atom stereocenters. The smallest absolute Gasteiger partial charge is 0.274 e. The molecule has 0 amide bonds. The fourth-order valence-corrected chi connectivity index (χ4v) is 1.96. The predicted molar refractivity (Wildman–Crippen MR) is 34.8 cm³/mol. The van der Waals surface area contributed by atoms with Crippen LogP contribution >= 0.6 is 7.91 Å². The summed E-state index contributed by atoms with van der Waals surface area (Å²) in [6, 6.07) is 0. The first-order valence-electron chi connectivity index (χ1n) is 3.30. The first-order chi connectivity index (χ1) is 5.26. The van der Waals surface area contributed by atoms with E-state index in [2.05, 4.69) is 9.05 Å². The second-order valence-corrected chi connectivity index (χ2v) is 3.88. The number of hydrogen-bond acceptors (Lipinski definition) is 3. The molecule has 0 radical (unpaired) electrons. The fraction of sp³-hybridized carbons (Fsp3) is 1.00. The average molecular weight is 204 g/mol. The highest BCUT2D eigenvalue weighted by atomic mass is 31.2. The van der Waals surface area contributed by atoms with Gasteiger partial charge in [-0.05, 0) is 13.8 Å². The normalized spacial score (nSPS) is 47.4. The Hall–Kier alpha value is -0.0600. The molecule has 1 fully saturated rings. The monoisotopic (exact) mass is 204 g/mol. The van der Waals surface area contributed by atoms with Crippen LogP contribution in [0.4, 0.5) is 13.0 Å². The lowest BCUT2D eigenvalue weighted by Crippen LogP contribution is -2.46. The molecule has 1 saturated heterocycles. The Labute approximate surface area is 67.5 Å². The van der Waals surface area contributed by atoms with Crippen molar-refractivity contribution in [3.05, 3.63) is 0 Å². The summed E-state index contributed by atoms with van der Waals surface area (Å²) in [7, 11) is -4.76. The number of hydrogen-bond donors (Lipinski definition) is 0. The summed E-state index contributed by atoms with van der Waals surface area (Å²) in [5.74, 6) is -3.31. The van der Waals surface area contributed by atoms with Crippen LogP contribution in [-0.2, 0) is 13.6 Å². The van der Waals surface area contributed by atoms with E-state index in [0.717, 1.165) is 13.8 Å². The molecular weight excluding hydrogens is 196 g/mol. The Kier molecular flexibility index (Phi) is 2.27. The second-order valence-electron chi connectivity index (χ2n) is 2.60. The van der Waals surface area contributed by atoms with Gasteiger partial charge in [-0.25, -0.2) is 13.3 Å². The lowest BCUT2D eigenvalue weighted by atomic mass is 10.1. The molecule has 12 heavy (non-hydrogen) atoms. The first-order valence-corrected chi connectivity index (χ1v) is 4.73. The topological polar surface area (TPSA) is 35.5 Å². The quantitative estimate of drug-likeness (QED) is 0.568. The molecule has 1 aliphatic heterocycles. The zero-order valence-corrected chi connectivity index (χ0v) is 7.35. The molecule has 1 rings (SSSR count). The van der Waals surface area contributed by atoms with Crippen LogP contribution in [0, 0.1) is 0 Å². The Balaban J connectivity index is 2.85. The van der Waals surface area contributed by atoms with E-state index >= 15 is 0 Å². The average Bonchev–Trinajstić information content (AvgIpc) is 1.82. The van der Waals surface area contributed by atoms with Gasteiger partial charge in [0.2, 0.25) is 0 Å². The largest absolute Gasteiger partial charge is 0.514 e. The lowest BCUT2D eigenvalue weighted by molar-refractivity contribution is -0.184. The van der Waals surface area contributed by atoms with Crippen LogP contribution in [0.2, 0.25) is 0 Å². The molecule has 0 saturated carbocycles. The Morgan fingerprint density at radius 1 is 1.25 bits per heavy atom. The van der Waals surface area contributed by atoms with Crippen LogP contribution in [-0.4, -0.2) is 18.1 Å². The van der Waals surface area contributed by atoms with Crippen LogP contribution in [0.5, 0.6) is 0 Å². The minimum Gasteiger partial charge on any atom is -0.274 e. The van der Waals surface area contributed by atoms with Gasteiger partial charge in [-0.2, -0.15) is 0 Å². The summed E-state index contributed by atoms with van der Waals surface area (Å²) >= 11 is 0. The predicted octanol–water partition coefficient (Wildman–Crippen LogP) is 2.52.